The van der Waals surface area contributed by atoms with Gasteiger partial charge in [-0.2, -0.15) is 13.2 Å². The Balaban J connectivity index is 0.00000256. The van der Waals surface area contributed by atoms with Gasteiger partial charge in [0.05, 0.1) is 11.9 Å². The summed E-state index contributed by atoms with van der Waals surface area (Å²) in [5.41, 5.74) is 6.80. The summed E-state index contributed by atoms with van der Waals surface area (Å²) in [6.45, 7) is 2.09. The summed E-state index contributed by atoms with van der Waals surface area (Å²) >= 11 is 0. The molecule has 0 saturated heterocycles. The Morgan fingerprint density at radius 3 is 2.47 bits per heavy atom. The SMILES string of the molecule is Cc1cc(C(C)N)ncc1OCC(F)(F)F.Cl. The average Bonchev–Trinajstić information content (AvgIpc) is 2.14. The van der Waals surface area contributed by atoms with Gasteiger partial charge in [-0.15, -0.1) is 12.4 Å². The molecule has 0 fully saturated rings. The van der Waals surface area contributed by atoms with Crippen LogP contribution >= 0.6 is 12.4 Å². The van der Waals surface area contributed by atoms with Gasteiger partial charge in [0.2, 0.25) is 0 Å². The quantitative estimate of drug-likeness (QED) is 0.919. The first-order chi connectivity index (χ1) is 7.29. The van der Waals surface area contributed by atoms with E-state index in [0.717, 1.165) is 0 Å². The normalized spacial score (nSPS) is 12.8. The third-order valence-corrected chi connectivity index (χ3v) is 1.94. The number of hydrogen-bond acceptors (Lipinski definition) is 3. The summed E-state index contributed by atoms with van der Waals surface area (Å²) in [7, 11) is 0. The first-order valence-corrected chi connectivity index (χ1v) is 4.71. The van der Waals surface area contributed by atoms with Gasteiger partial charge in [-0.1, -0.05) is 0 Å². The summed E-state index contributed by atoms with van der Waals surface area (Å²) in [5.74, 6) is 0.127. The van der Waals surface area contributed by atoms with E-state index in [9.17, 15) is 13.2 Å². The van der Waals surface area contributed by atoms with Crippen LogP contribution in [-0.4, -0.2) is 17.8 Å². The smallest absolute Gasteiger partial charge is 0.422 e. The zero-order valence-electron chi connectivity index (χ0n) is 9.41. The zero-order chi connectivity index (χ0) is 12.3. The lowest BCUT2D eigenvalue weighted by Gasteiger charge is -2.12. The number of hydrogen-bond donors (Lipinski definition) is 1. The largest absolute Gasteiger partial charge is 0.482 e. The standard InChI is InChI=1S/C10H13F3N2O.ClH/c1-6-3-8(7(2)14)15-4-9(6)16-5-10(11,12)13;/h3-4,7H,5,14H2,1-2H3;1H. The van der Waals surface area contributed by atoms with Crippen molar-refractivity contribution in [1.29, 1.82) is 0 Å². The Morgan fingerprint density at radius 1 is 1.47 bits per heavy atom. The number of aromatic nitrogens is 1. The highest BCUT2D eigenvalue weighted by Gasteiger charge is 2.28. The van der Waals surface area contributed by atoms with Crippen LogP contribution in [0.4, 0.5) is 13.2 Å². The van der Waals surface area contributed by atoms with Crippen molar-refractivity contribution in [3.8, 4) is 5.75 Å². The second-order valence-electron chi connectivity index (χ2n) is 3.57. The Bertz CT molecular complexity index is 369. The highest BCUT2D eigenvalue weighted by atomic mass is 35.5. The third kappa shape index (κ3) is 5.23. The van der Waals surface area contributed by atoms with Crippen LogP contribution in [0.3, 0.4) is 0 Å². The number of alkyl halides is 3. The molecular formula is C10H14ClF3N2O. The van der Waals surface area contributed by atoms with Gasteiger partial charge in [0.25, 0.3) is 0 Å². The fourth-order valence-electron chi connectivity index (χ4n) is 1.12. The van der Waals surface area contributed by atoms with Crippen molar-refractivity contribution < 1.29 is 17.9 Å². The Hall–Kier alpha value is -1.01. The molecule has 1 unspecified atom stereocenters. The molecule has 0 aliphatic heterocycles. The van der Waals surface area contributed by atoms with Crippen LogP contribution in [-0.2, 0) is 0 Å². The van der Waals surface area contributed by atoms with E-state index in [1.54, 1.807) is 19.9 Å². The van der Waals surface area contributed by atoms with Crippen molar-refractivity contribution in [2.45, 2.75) is 26.1 Å². The van der Waals surface area contributed by atoms with Crippen LogP contribution < -0.4 is 10.5 Å². The van der Waals surface area contributed by atoms with Crippen LogP contribution in [0.1, 0.15) is 24.2 Å². The van der Waals surface area contributed by atoms with Crippen LogP contribution in [0, 0.1) is 6.92 Å². The highest BCUT2D eigenvalue weighted by molar-refractivity contribution is 5.85. The van der Waals surface area contributed by atoms with Crippen LogP contribution in [0.2, 0.25) is 0 Å². The summed E-state index contributed by atoms with van der Waals surface area (Å²) < 4.78 is 40.4. The highest BCUT2D eigenvalue weighted by Crippen LogP contribution is 2.22. The monoisotopic (exact) mass is 270 g/mol. The lowest BCUT2D eigenvalue weighted by atomic mass is 10.1. The van der Waals surface area contributed by atoms with Crippen molar-refractivity contribution in [3.05, 3.63) is 23.5 Å². The van der Waals surface area contributed by atoms with Crippen molar-refractivity contribution in [3.63, 3.8) is 0 Å². The molecule has 98 valence electrons. The number of rotatable bonds is 3. The van der Waals surface area contributed by atoms with E-state index >= 15 is 0 Å². The first-order valence-electron chi connectivity index (χ1n) is 4.71. The molecule has 0 saturated carbocycles. The van der Waals surface area contributed by atoms with Gasteiger partial charge < -0.3 is 10.5 Å². The lowest BCUT2D eigenvalue weighted by molar-refractivity contribution is -0.153. The van der Waals surface area contributed by atoms with Gasteiger partial charge in [0.1, 0.15) is 5.75 Å². The molecule has 0 aliphatic carbocycles. The van der Waals surface area contributed by atoms with E-state index in [-0.39, 0.29) is 24.2 Å². The van der Waals surface area contributed by atoms with Gasteiger partial charge in [0, 0.05) is 6.04 Å². The Kier molecular flexibility index (Phi) is 5.71. The van der Waals surface area contributed by atoms with Gasteiger partial charge in [-0.05, 0) is 25.5 Å². The molecule has 3 nitrogen and oxygen atoms in total. The molecule has 2 N–H and O–H groups in total. The maximum atomic E-state index is 11.9. The predicted molar refractivity (Wildman–Crippen MR) is 60.4 cm³/mol. The molecule has 0 aliphatic rings. The number of nitrogens with zero attached hydrogens (tertiary/aromatic N) is 1. The summed E-state index contributed by atoms with van der Waals surface area (Å²) in [6.07, 6.45) is -3.08. The van der Waals surface area contributed by atoms with Crippen molar-refractivity contribution >= 4 is 12.4 Å². The van der Waals surface area contributed by atoms with Gasteiger partial charge in [0.15, 0.2) is 6.61 Å². The van der Waals surface area contributed by atoms with Crippen LogP contribution in [0.15, 0.2) is 12.3 Å². The number of nitrogens with two attached hydrogens (primary N) is 1. The minimum absolute atomic E-state index is 0. The summed E-state index contributed by atoms with van der Waals surface area (Å²) in [4.78, 5) is 3.92. The van der Waals surface area contributed by atoms with Crippen molar-refractivity contribution in [1.82, 2.24) is 4.98 Å². The second kappa shape index (κ2) is 6.07. The molecule has 0 spiro atoms. The molecule has 1 rings (SSSR count). The third-order valence-electron chi connectivity index (χ3n) is 1.94. The van der Waals surface area contributed by atoms with E-state index in [0.29, 0.717) is 11.3 Å². The molecule has 0 bridgehead atoms. The minimum atomic E-state index is -4.34. The second-order valence-corrected chi connectivity index (χ2v) is 3.57. The summed E-state index contributed by atoms with van der Waals surface area (Å²) in [5, 5.41) is 0. The first kappa shape index (κ1) is 16.0. The molecule has 17 heavy (non-hydrogen) atoms. The minimum Gasteiger partial charge on any atom is -0.482 e. The van der Waals surface area contributed by atoms with E-state index in [1.165, 1.54) is 6.20 Å². The van der Waals surface area contributed by atoms with E-state index in [1.807, 2.05) is 0 Å². The van der Waals surface area contributed by atoms with Gasteiger partial charge in [-0.3, -0.25) is 4.98 Å². The Labute approximate surface area is 104 Å². The fourth-order valence-corrected chi connectivity index (χ4v) is 1.12. The molecule has 1 heterocycles. The molecule has 1 atom stereocenters. The molecule has 7 heteroatoms. The number of aryl methyl sites for hydroxylation is 1. The van der Waals surface area contributed by atoms with Crippen LogP contribution in [0.25, 0.3) is 0 Å². The molecule has 1 aromatic rings. The molecule has 0 amide bonds. The molecular weight excluding hydrogens is 257 g/mol. The topological polar surface area (TPSA) is 48.1 Å². The number of pyridine rings is 1. The fraction of sp³-hybridized carbons (Fsp3) is 0.500. The van der Waals surface area contributed by atoms with Gasteiger partial charge >= 0.3 is 6.18 Å². The molecule has 0 aromatic carbocycles. The zero-order valence-corrected chi connectivity index (χ0v) is 10.2. The van der Waals surface area contributed by atoms with Crippen molar-refractivity contribution in [2.24, 2.45) is 5.73 Å². The maximum Gasteiger partial charge on any atom is 0.422 e. The van der Waals surface area contributed by atoms with Crippen LogP contribution in [0.5, 0.6) is 5.75 Å². The molecule has 1 aromatic heterocycles. The summed E-state index contributed by atoms with van der Waals surface area (Å²) in [6, 6.07) is 1.37. The van der Waals surface area contributed by atoms with E-state index in [4.69, 9.17) is 5.73 Å². The van der Waals surface area contributed by atoms with Gasteiger partial charge in [-0.25, -0.2) is 0 Å². The number of halogens is 4. The average molecular weight is 271 g/mol. The maximum absolute atomic E-state index is 11.9. The van der Waals surface area contributed by atoms with Crippen molar-refractivity contribution in [2.75, 3.05) is 6.61 Å². The lowest BCUT2D eigenvalue weighted by Crippen LogP contribution is -2.19. The molecule has 0 radical (unpaired) electrons. The number of ether oxygens (including phenoxy) is 1. The van der Waals surface area contributed by atoms with E-state index < -0.39 is 12.8 Å². The predicted octanol–water partition coefficient (Wildman–Crippen LogP) is 2.77. The Morgan fingerprint density at radius 2 is 2.06 bits per heavy atom. The van der Waals surface area contributed by atoms with E-state index in [2.05, 4.69) is 9.72 Å².